The molecule has 106 valence electrons. The van der Waals surface area contributed by atoms with Gasteiger partial charge in [-0.3, -0.25) is 4.79 Å². The Kier molecular flexibility index (Phi) is 5.92. The number of nitrogens with two attached hydrogens (primary N) is 1. The van der Waals surface area contributed by atoms with Gasteiger partial charge in [-0.1, -0.05) is 13.0 Å². The predicted molar refractivity (Wildman–Crippen MR) is 74.7 cm³/mol. The maximum Gasteiger partial charge on any atom is 0.224 e. The smallest absolute Gasteiger partial charge is 0.224 e. The number of benzene rings is 1. The number of nitrogens with one attached hydrogen (secondary N) is 1. The molecule has 0 aromatic heterocycles. The summed E-state index contributed by atoms with van der Waals surface area (Å²) in [5.41, 5.74) is 6.42. The van der Waals surface area contributed by atoms with Gasteiger partial charge in [-0.15, -0.1) is 12.4 Å². The van der Waals surface area contributed by atoms with Crippen LogP contribution in [-0.4, -0.2) is 25.7 Å². The number of amides is 1. The zero-order chi connectivity index (χ0) is 13.0. The van der Waals surface area contributed by atoms with Gasteiger partial charge in [0.1, 0.15) is 13.2 Å². The number of carbonyl (C=O) groups is 1. The molecule has 19 heavy (non-hydrogen) atoms. The summed E-state index contributed by atoms with van der Waals surface area (Å²) in [4.78, 5) is 11.6. The Bertz CT molecular complexity index is 440. The molecule has 3 N–H and O–H groups in total. The molecule has 0 radical (unpaired) electrons. The van der Waals surface area contributed by atoms with Crippen molar-refractivity contribution in [1.82, 2.24) is 5.32 Å². The third-order valence-electron chi connectivity index (χ3n) is 2.87. The molecule has 0 saturated carbocycles. The van der Waals surface area contributed by atoms with E-state index in [1.807, 2.05) is 18.2 Å². The Hall–Kier alpha value is -1.46. The highest BCUT2D eigenvalue weighted by Crippen LogP contribution is 2.30. The topological polar surface area (TPSA) is 73.6 Å². The monoisotopic (exact) mass is 286 g/mol. The van der Waals surface area contributed by atoms with Gasteiger partial charge in [0.25, 0.3) is 0 Å². The number of fused-ring (bicyclic) bond motifs is 1. The summed E-state index contributed by atoms with van der Waals surface area (Å²) in [7, 11) is 0. The van der Waals surface area contributed by atoms with Crippen molar-refractivity contribution in [1.29, 1.82) is 0 Å². The van der Waals surface area contributed by atoms with Crippen LogP contribution in [-0.2, 0) is 11.3 Å². The van der Waals surface area contributed by atoms with Crippen molar-refractivity contribution in [2.24, 2.45) is 11.7 Å². The molecule has 1 amide bonds. The molecule has 1 atom stereocenters. The molecule has 1 aromatic rings. The molecule has 2 rings (SSSR count). The minimum atomic E-state index is -0.165. The van der Waals surface area contributed by atoms with Crippen molar-refractivity contribution in [2.75, 3.05) is 19.8 Å². The summed E-state index contributed by atoms with van der Waals surface area (Å²) in [5.74, 6) is 1.29. The summed E-state index contributed by atoms with van der Waals surface area (Å²) in [6.45, 7) is 3.77. The minimum Gasteiger partial charge on any atom is -0.486 e. The summed E-state index contributed by atoms with van der Waals surface area (Å²) in [6, 6.07) is 5.67. The van der Waals surface area contributed by atoms with Crippen LogP contribution in [0, 0.1) is 5.92 Å². The molecular formula is C13H19ClN2O3. The third-order valence-corrected chi connectivity index (χ3v) is 2.87. The Morgan fingerprint density at radius 2 is 2.05 bits per heavy atom. The van der Waals surface area contributed by atoms with Gasteiger partial charge in [0.15, 0.2) is 11.5 Å². The van der Waals surface area contributed by atoms with E-state index in [1.165, 1.54) is 0 Å². The Balaban J connectivity index is 0.00000180. The van der Waals surface area contributed by atoms with Crippen LogP contribution in [0.3, 0.4) is 0 Å². The van der Waals surface area contributed by atoms with Gasteiger partial charge in [0.2, 0.25) is 5.91 Å². The molecule has 1 aliphatic rings. The molecule has 0 aliphatic carbocycles. The van der Waals surface area contributed by atoms with Crippen LogP contribution in [0.25, 0.3) is 0 Å². The molecule has 1 aliphatic heterocycles. The highest BCUT2D eigenvalue weighted by Gasteiger charge is 2.13. The molecule has 0 fully saturated rings. The highest BCUT2D eigenvalue weighted by molar-refractivity contribution is 5.85. The molecule has 5 nitrogen and oxygen atoms in total. The fourth-order valence-electron chi connectivity index (χ4n) is 1.67. The molecule has 0 spiro atoms. The zero-order valence-electron chi connectivity index (χ0n) is 10.8. The molecule has 1 unspecified atom stereocenters. The summed E-state index contributed by atoms with van der Waals surface area (Å²) in [5, 5.41) is 2.84. The first kappa shape index (κ1) is 15.6. The lowest BCUT2D eigenvalue weighted by atomic mass is 10.1. The number of hydrogen-bond donors (Lipinski definition) is 2. The van der Waals surface area contributed by atoms with Crippen LogP contribution in [0.2, 0.25) is 0 Å². The van der Waals surface area contributed by atoms with Gasteiger partial charge in [0.05, 0.1) is 0 Å². The fraction of sp³-hybridized carbons (Fsp3) is 0.462. The second-order valence-corrected chi connectivity index (χ2v) is 4.33. The Labute approximate surface area is 118 Å². The van der Waals surface area contributed by atoms with Crippen molar-refractivity contribution < 1.29 is 14.3 Å². The van der Waals surface area contributed by atoms with E-state index in [0.29, 0.717) is 26.3 Å². The normalized spacial score (nSPS) is 14.2. The minimum absolute atomic E-state index is 0. The van der Waals surface area contributed by atoms with Crippen molar-refractivity contribution >= 4 is 18.3 Å². The standard InChI is InChI=1S/C13H18N2O3.ClH/c1-9(7-14)13(16)15-8-10-2-3-11-12(6-10)18-5-4-17-11;/h2-3,6,9H,4-5,7-8,14H2,1H3,(H,15,16);1H. The van der Waals surface area contributed by atoms with Gasteiger partial charge in [-0.2, -0.15) is 0 Å². The van der Waals surface area contributed by atoms with Crippen molar-refractivity contribution in [3.63, 3.8) is 0 Å². The molecule has 6 heteroatoms. The number of rotatable bonds is 4. The van der Waals surface area contributed by atoms with Gasteiger partial charge in [-0.05, 0) is 17.7 Å². The van der Waals surface area contributed by atoms with Crippen LogP contribution in [0.1, 0.15) is 12.5 Å². The van der Waals surface area contributed by atoms with E-state index in [-0.39, 0.29) is 24.2 Å². The van der Waals surface area contributed by atoms with Crippen molar-refractivity contribution in [2.45, 2.75) is 13.5 Å². The van der Waals surface area contributed by atoms with Crippen LogP contribution in [0.5, 0.6) is 11.5 Å². The number of ether oxygens (including phenoxy) is 2. The summed E-state index contributed by atoms with van der Waals surface area (Å²) < 4.78 is 10.9. The maximum atomic E-state index is 11.6. The fourth-order valence-corrected chi connectivity index (χ4v) is 1.67. The zero-order valence-corrected chi connectivity index (χ0v) is 11.7. The highest BCUT2D eigenvalue weighted by atomic mass is 35.5. The first-order chi connectivity index (χ1) is 8.70. The van der Waals surface area contributed by atoms with Crippen molar-refractivity contribution in [3.8, 4) is 11.5 Å². The predicted octanol–water partition coefficient (Wildman–Crippen LogP) is 1.09. The van der Waals surface area contributed by atoms with Crippen LogP contribution in [0.4, 0.5) is 0 Å². The first-order valence-corrected chi connectivity index (χ1v) is 6.07. The number of carbonyl (C=O) groups excluding carboxylic acids is 1. The van der Waals surface area contributed by atoms with E-state index in [9.17, 15) is 4.79 Å². The van der Waals surface area contributed by atoms with Crippen LogP contribution >= 0.6 is 12.4 Å². The van der Waals surface area contributed by atoms with Gasteiger partial charge >= 0.3 is 0 Å². The van der Waals surface area contributed by atoms with E-state index < -0.39 is 0 Å². The van der Waals surface area contributed by atoms with E-state index in [1.54, 1.807) is 6.92 Å². The van der Waals surface area contributed by atoms with Crippen LogP contribution in [0.15, 0.2) is 18.2 Å². The van der Waals surface area contributed by atoms with E-state index in [4.69, 9.17) is 15.2 Å². The largest absolute Gasteiger partial charge is 0.486 e. The molecule has 0 saturated heterocycles. The lowest BCUT2D eigenvalue weighted by Gasteiger charge is -2.19. The lowest BCUT2D eigenvalue weighted by Crippen LogP contribution is -2.32. The van der Waals surface area contributed by atoms with E-state index >= 15 is 0 Å². The molecule has 1 heterocycles. The average molecular weight is 287 g/mol. The first-order valence-electron chi connectivity index (χ1n) is 6.07. The van der Waals surface area contributed by atoms with Crippen LogP contribution < -0.4 is 20.5 Å². The molecular weight excluding hydrogens is 268 g/mol. The molecule has 1 aromatic carbocycles. The number of hydrogen-bond acceptors (Lipinski definition) is 4. The van der Waals surface area contributed by atoms with Crippen molar-refractivity contribution in [3.05, 3.63) is 23.8 Å². The average Bonchev–Trinajstić information content (AvgIpc) is 2.43. The van der Waals surface area contributed by atoms with Gasteiger partial charge in [0, 0.05) is 19.0 Å². The van der Waals surface area contributed by atoms with Gasteiger partial charge < -0.3 is 20.5 Å². The summed E-state index contributed by atoms with van der Waals surface area (Å²) >= 11 is 0. The molecule has 0 bridgehead atoms. The Morgan fingerprint density at radius 3 is 2.74 bits per heavy atom. The quantitative estimate of drug-likeness (QED) is 0.869. The van der Waals surface area contributed by atoms with E-state index in [2.05, 4.69) is 5.32 Å². The van der Waals surface area contributed by atoms with Gasteiger partial charge in [-0.25, -0.2) is 0 Å². The maximum absolute atomic E-state index is 11.6. The lowest BCUT2D eigenvalue weighted by molar-refractivity contribution is -0.124. The summed E-state index contributed by atoms with van der Waals surface area (Å²) in [6.07, 6.45) is 0. The second kappa shape index (κ2) is 7.21. The SMILES string of the molecule is CC(CN)C(=O)NCc1ccc2c(c1)OCCO2.Cl. The van der Waals surface area contributed by atoms with E-state index in [0.717, 1.165) is 17.1 Å². The third kappa shape index (κ3) is 4.01. The second-order valence-electron chi connectivity index (χ2n) is 4.33. The Morgan fingerprint density at radius 1 is 1.37 bits per heavy atom. The number of halogens is 1.